The van der Waals surface area contributed by atoms with E-state index in [1.165, 1.54) is 6.07 Å². The Balaban J connectivity index is 2.46. The van der Waals surface area contributed by atoms with Crippen molar-refractivity contribution in [1.82, 2.24) is 0 Å². The first-order valence-electron chi connectivity index (χ1n) is 6.90. The first-order chi connectivity index (χ1) is 10.6. The highest BCUT2D eigenvalue weighted by Gasteiger charge is 2.20. The summed E-state index contributed by atoms with van der Waals surface area (Å²) >= 11 is 0. The number of rotatable bonds is 5. The molecule has 0 atom stereocenters. The molecule has 112 valence electrons. The first-order valence-corrected chi connectivity index (χ1v) is 6.90. The number of carbonyl (C=O) groups is 2. The molecule has 0 spiro atoms. The molecule has 0 aliphatic rings. The van der Waals surface area contributed by atoms with Crippen LogP contribution in [0.25, 0.3) is 12.2 Å². The number of hydrogen-bond donors (Lipinski definition) is 1. The van der Waals surface area contributed by atoms with Gasteiger partial charge < -0.3 is 9.84 Å². The Hall–Kier alpha value is -2.88. The molecule has 0 aliphatic carbocycles. The lowest BCUT2D eigenvalue weighted by Gasteiger charge is -2.09. The van der Waals surface area contributed by atoms with Gasteiger partial charge in [0.15, 0.2) is 0 Å². The topological polar surface area (TPSA) is 63.6 Å². The van der Waals surface area contributed by atoms with Gasteiger partial charge in [-0.05, 0) is 24.1 Å². The highest BCUT2D eigenvalue weighted by Crippen LogP contribution is 2.19. The van der Waals surface area contributed by atoms with E-state index >= 15 is 0 Å². The maximum Gasteiger partial charge on any atom is 0.339 e. The second-order valence-electron chi connectivity index (χ2n) is 4.54. The molecule has 0 aliphatic heterocycles. The Morgan fingerprint density at radius 3 is 2.41 bits per heavy atom. The second kappa shape index (κ2) is 7.22. The molecule has 0 radical (unpaired) electrons. The van der Waals surface area contributed by atoms with Crippen LogP contribution in [0.5, 0.6) is 0 Å². The third-order valence-corrected chi connectivity index (χ3v) is 3.06. The van der Waals surface area contributed by atoms with Crippen LogP contribution in [0.2, 0.25) is 0 Å². The Kier molecular flexibility index (Phi) is 5.09. The molecule has 0 saturated carbocycles. The zero-order valence-electron chi connectivity index (χ0n) is 12.2. The molecule has 0 amide bonds. The van der Waals surface area contributed by atoms with E-state index < -0.39 is 11.9 Å². The molecule has 2 aromatic rings. The predicted molar refractivity (Wildman–Crippen MR) is 84.7 cm³/mol. The minimum Gasteiger partial charge on any atom is -0.478 e. The van der Waals surface area contributed by atoms with Crippen molar-refractivity contribution in [3.8, 4) is 0 Å². The fourth-order valence-electron chi connectivity index (χ4n) is 2.07. The highest BCUT2D eigenvalue weighted by molar-refractivity contribution is 6.05. The highest BCUT2D eigenvalue weighted by atomic mass is 16.5. The van der Waals surface area contributed by atoms with Gasteiger partial charge in [-0.2, -0.15) is 0 Å². The maximum atomic E-state index is 12.1. The van der Waals surface area contributed by atoms with Crippen LogP contribution in [0.15, 0.2) is 48.5 Å². The zero-order valence-corrected chi connectivity index (χ0v) is 12.2. The van der Waals surface area contributed by atoms with Gasteiger partial charge in [-0.3, -0.25) is 0 Å². The largest absolute Gasteiger partial charge is 0.478 e. The summed E-state index contributed by atoms with van der Waals surface area (Å²) in [5.74, 6) is -1.79. The molecule has 0 bridgehead atoms. The van der Waals surface area contributed by atoms with Crippen molar-refractivity contribution in [2.45, 2.75) is 6.92 Å². The first kappa shape index (κ1) is 15.5. The minimum atomic E-state index is -1.15. The van der Waals surface area contributed by atoms with E-state index in [0.717, 1.165) is 5.56 Å². The van der Waals surface area contributed by atoms with E-state index in [-0.39, 0.29) is 17.7 Å². The van der Waals surface area contributed by atoms with Crippen LogP contribution in [0.1, 0.15) is 38.8 Å². The number of esters is 1. The van der Waals surface area contributed by atoms with Crippen molar-refractivity contribution in [3.63, 3.8) is 0 Å². The van der Waals surface area contributed by atoms with Crippen LogP contribution in [0, 0.1) is 0 Å². The molecular formula is C18H16O4. The average Bonchev–Trinajstić information content (AvgIpc) is 2.53. The summed E-state index contributed by atoms with van der Waals surface area (Å²) in [6.07, 6.45) is 3.54. The lowest BCUT2D eigenvalue weighted by molar-refractivity contribution is 0.0514. The molecule has 2 rings (SSSR count). The number of carbonyl (C=O) groups excluding carboxylic acids is 1. The SMILES string of the molecule is CCOC(=O)c1c(C=Cc2ccccc2)cccc1C(=O)O. The Morgan fingerprint density at radius 1 is 1.05 bits per heavy atom. The molecule has 0 heterocycles. The monoisotopic (exact) mass is 296 g/mol. The Bertz CT molecular complexity index is 702. The normalized spacial score (nSPS) is 10.6. The number of ether oxygens (including phenoxy) is 1. The summed E-state index contributed by atoms with van der Waals surface area (Å²) in [7, 11) is 0. The number of aromatic carboxylic acids is 1. The third-order valence-electron chi connectivity index (χ3n) is 3.06. The Morgan fingerprint density at radius 2 is 1.77 bits per heavy atom. The standard InChI is InChI=1S/C18H16O4/c1-2-22-18(21)16-14(9-6-10-15(16)17(19)20)12-11-13-7-4-3-5-8-13/h3-12H,2H2,1H3,(H,19,20). The van der Waals surface area contributed by atoms with Crippen LogP contribution in [-0.4, -0.2) is 23.7 Å². The molecule has 0 fully saturated rings. The van der Waals surface area contributed by atoms with E-state index in [1.807, 2.05) is 36.4 Å². The van der Waals surface area contributed by atoms with Crippen molar-refractivity contribution in [1.29, 1.82) is 0 Å². The van der Waals surface area contributed by atoms with Crippen LogP contribution >= 0.6 is 0 Å². The lowest BCUT2D eigenvalue weighted by Crippen LogP contribution is -2.13. The summed E-state index contributed by atoms with van der Waals surface area (Å²) in [6.45, 7) is 1.87. The molecule has 1 N–H and O–H groups in total. The van der Waals surface area contributed by atoms with Gasteiger partial charge in [0, 0.05) is 0 Å². The van der Waals surface area contributed by atoms with Gasteiger partial charge in [-0.1, -0.05) is 54.6 Å². The number of carboxylic acid groups (broad SMARTS) is 1. The van der Waals surface area contributed by atoms with Crippen molar-refractivity contribution in [3.05, 3.63) is 70.8 Å². The van der Waals surface area contributed by atoms with Gasteiger partial charge in [-0.25, -0.2) is 9.59 Å². The van der Waals surface area contributed by atoms with E-state index in [9.17, 15) is 14.7 Å². The van der Waals surface area contributed by atoms with Crippen LogP contribution in [0.4, 0.5) is 0 Å². The minimum absolute atomic E-state index is 0.0614. The number of benzene rings is 2. The molecular weight excluding hydrogens is 280 g/mol. The third kappa shape index (κ3) is 3.61. The van der Waals surface area contributed by atoms with Gasteiger partial charge >= 0.3 is 11.9 Å². The van der Waals surface area contributed by atoms with Crippen molar-refractivity contribution < 1.29 is 19.4 Å². The summed E-state index contributed by atoms with van der Waals surface area (Å²) < 4.78 is 4.98. The second-order valence-corrected chi connectivity index (χ2v) is 4.54. The summed E-state index contributed by atoms with van der Waals surface area (Å²) in [6, 6.07) is 14.2. The fraction of sp³-hybridized carbons (Fsp3) is 0.111. The smallest absolute Gasteiger partial charge is 0.339 e. The molecule has 4 heteroatoms. The molecule has 22 heavy (non-hydrogen) atoms. The van der Waals surface area contributed by atoms with E-state index in [1.54, 1.807) is 25.1 Å². The van der Waals surface area contributed by atoms with Crippen molar-refractivity contribution in [2.75, 3.05) is 6.61 Å². The maximum absolute atomic E-state index is 12.1. The fourth-order valence-corrected chi connectivity index (χ4v) is 2.07. The number of hydrogen-bond acceptors (Lipinski definition) is 3. The number of carboxylic acids is 1. The average molecular weight is 296 g/mol. The van der Waals surface area contributed by atoms with Gasteiger partial charge in [0.25, 0.3) is 0 Å². The van der Waals surface area contributed by atoms with E-state index in [0.29, 0.717) is 5.56 Å². The van der Waals surface area contributed by atoms with Crippen LogP contribution in [-0.2, 0) is 4.74 Å². The van der Waals surface area contributed by atoms with Gasteiger partial charge in [0.05, 0.1) is 17.7 Å². The predicted octanol–water partition coefficient (Wildman–Crippen LogP) is 3.73. The molecule has 0 saturated heterocycles. The molecule has 0 unspecified atom stereocenters. The summed E-state index contributed by atoms with van der Waals surface area (Å²) in [5, 5.41) is 9.26. The lowest BCUT2D eigenvalue weighted by atomic mass is 10.00. The quantitative estimate of drug-likeness (QED) is 0.674. The molecule has 4 nitrogen and oxygen atoms in total. The summed E-state index contributed by atoms with van der Waals surface area (Å²) in [5.41, 5.74) is 1.48. The van der Waals surface area contributed by atoms with E-state index in [2.05, 4.69) is 0 Å². The van der Waals surface area contributed by atoms with Crippen molar-refractivity contribution >= 4 is 24.1 Å². The van der Waals surface area contributed by atoms with Crippen LogP contribution < -0.4 is 0 Å². The van der Waals surface area contributed by atoms with Crippen molar-refractivity contribution in [2.24, 2.45) is 0 Å². The van der Waals surface area contributed by atoms with Gasteiger partial charge in [0.2, 0.25) is 0 Å². The van der Waals surface area contributed by atoms with Crippen LogP contribution in [0.3, 0.4) is 0 Å². The zero-order chi connectivity index (χ0) is 15.9. The summed E-state index contributed by atoms with van der Waals surface area (Å²) in [4.78, 5) is 23.4. The van der Waals surface area contributed by atoms with E-state index in [4.69, 9.17) is 4.74 Å². The molecule has 2 aromatic carbocycles. The Labute approximate surface area is 128 Å². The van der Waals surface area contributed by atoms with Gasteiger partial charge in [0.1, 0.15) is 0 Å². The molecule has 0 aromatic heterocycles. The van der Waals surface area contributed by atoms with Gasteiger partial charge in [-0.15, -0.1) is 0 Å².